The number of aliphatic hydroxyl groups excluding tert-OH is 1. The molecule has 0 fully saturated rings. The number of aliphatic hydroxyl groups is 1. The molecule has 3 atom stereocenters. The highest BCUT2D eigenvalue weighted by molar-refractivity contribution is 8.00. The summed E-state index contributed by atoms with van der Waals surface area (Å²) in [5.74, 6) is -3.61. The quantitative estimate of drug-likeness (QED) is 0.0739. The maximum atomic E-state index is 14.1. The van der Waals surface area contributed by atoms with Crippen LogP contribution in [0.4, 0.5) is 0 Å². The third-order valence-electron chi connectivity index (χ3n) is 8.01. The molecular formula is C38H42N6O6S. The highest BCUT2D eigenvalue weighted by atomic mass is 32.2. The van der Waals surface area contributed by atoms with Crippen LogP contribution in [0.5, 0.6) is 0 Å². The van der Waals surface area contributed by atoms with Crippen molar-refractivity contribution in [2.24, 2.45) is 11.5 Å². The Morgan fingerprint density at radius 3 is 1.53 bits per heavy atom. The van der Waals surface area contributed by atoms with Gasteiger partial charge in [0.1, 0.15) is 18.1 Å². The molecule has 0 heterocycles. The van der Waals surface area contributed by atoms with Crippen molar-refractivity contribution in [1.82, 2.24) is 21.3 Å². The summed E-state index contributed by atoms with van der Waals surface area (Å²) in [6.07, 6.45) is 0.0200. The molecule has 0 aromatic heterocycles. The predicted octanol–water partition coefficient (Wildman–Crippen LogP) is 0.961. The van der Waals surface area contributed by atoms with Gasteiger partial charge in [0.15, 0.2) is 0 Å². The minimum Gasteiger partial charge on any atom is -0.394 e. The summed E-state index contributed by atoms with van der Waals surface area (Å²) < 4.78 is -0.843. The van der Waals surface area contributed by atoms with Crippen molar-refractivity contribution in [3.05, 3.63) is 144 Å². The van der Waals surface area contributed by atoms with Crippen LogP contribution in [-0.2, 0) is 35.1 Å². The van der Waals surface area contributed by atoms with Crippen LogP contribution in [0, 0.1) is 0 Å². The third kappa shape index (κ3) is 10.5. The van der Waals surface area contributed by atoms with Crippen LogP contribution in [0.3, 0.4) is 0 Å². The van der Waals surface area contributed by atoms with Crippen molar-refractivity contribution in [3.8, 4) is 0 Å². The Bertz CT molecular complexity index is 1650. The predicted molar refractivity (Wildman–Crippen MR) is 196 cm³/mol. The topological polar surface area (TPSA) is 206 Å². The first-order valence-electron chi connectivity index (χ1n) is 16.3. The Morgan fingerprint density at radius 2 is 1.08 bits per heavy atom. The Hall–Kier alpha value is -5.50. The van der Waals surface area contributed by atoms with Crippen LogP contribution in [0.1, 0.15) is 22.3 Å². The van der Waals surface area contributed by atoms with E-state index in [0.717, 1.165) is 16.7 Å². The number of carbonyl (C=O) groups excluding carboxylic acids is 5. The van der Waals surface area contributed by atoms with Gasteiger partial charge in [-0.25, -0.2) is 0 Å². The minimum atomic E-state index is -1.37. The van der Waals surface area contributed by atoms with Crippen LogP contribution >= 0.6 is 11.8 Å². The van der Waals surface area contributed by atoms with Gasteiger partial charge >= 0.3 is 0 Å². The molecule has 5 amide bonds. The van der Waals surface area contributed by atoms with Crippen molar-refractivity contribution in [1.29, 1.82) is 0 Å². The third-order valence-corrected chi connectivity index (χ3v) is 9.65. The van der Waals surface area contributed by atoms with E-state index in [1.807, 2.05) is 91.0 Å². The number of nitrogens with one attached hydrogen (secondary N) is 4. The molecule has 266 valence electrons. The van der Waals surface area contributed by atoms with Crippen LogP contribution in [0.15, 0.2) is 121 Å². The van der Waals surface area contributed by atoms with E-state index in [2.05, 4.69) is 21.3 Å². The summed E-state index contributed by atoms with van der Waals surface area (Å²) in [5, 5.41) is 20.1. The fraction of sp³-hybridized carbons (Fsp3) is 0.237. The minimum absolute atomic E-state index is 0.0200. The normalized spacial score (nSPS) is 12.8. The van der Waals surface area contributed by atoms with Gasteiger partial charge < -0.3 is 37.8 Å². The lowest BCUT2D eigenvalue weighted by Crippen LogP contribution is -2.59. The maximum Gasteiger partial charge on any atom is 0.245 e. The number of thioether (sulfide) groups is 1. The van der Waals surface area contributed by atoms with E-state index < -0.39 is 72.1 Å². The molecule has 13 heteroatoms. The lowest BCUT2D eigenvalue weighted by atomic mass is 9.84. The number of amides is 5. The molecule has 0 aliphatic heterocycles. The van der Waals surface area contributed by atoms with E-state index >= 15 is 0 Å². The fourth-order valence-electron chi connectivity index (χ4n) is 5.51. The molecule has 9 N–H and O–H groups in total. The van der Waals surface area contributed by atoms with Gasteiger partial charge in [0, 0.05) is 12.2 Å². The average Bonchev–Trinajstić information content (AvgIpc) is 3.16. The molecule has 0 spiro atoms. The van der Waals surface area contributed by atoms with E-state index in [4.69, 9.17) is 11.5 Å². The van der Waals surface area contributed by atoms with Gasteiger partial charge in [-0.3, -0.25) is 24.0 Å². The van der Waals surface area contributed by atoms with E-state index in [9.17, 15) is 29.1 Å². The van der Waals surface area contributed by atoms with Crippen molar-refractivity contribution in [3.63, 3.8) is 0 Å². The van der Waals surface area contributed by atoms with Crippen LogP contribution in [0.2, 0.25) is 0 Å². The molecule has 51 heavy (non-hydrogen) atoms. The number of primary amides is 1. The van der Waals surface area contributed by atoms with E-state index in [1.165, 1.54) is 11.8 Å². The van der Waals surface area contributed by atoms with E-state index in [-0.39, 0.29) is 12.2 Å². The van der Waals surface area contributed by atoms with Gasteiger partial charge in [0.2, 0.25) is 29.5 Å². The molecule has 4 rings (SSSR count). The molecule has 0 saturated carbocycles. The molecule has 4 aromatic carbocycles. The van der Waals surface area contributed by atoms with Crippen LogP contribution in [0.25, 0.3) is 0 Å². The number of hydrogen-bond acceptors (Lipinski definition) is 8. The van der Waals surface area contributed by atoms with E-state index in [0.29, 0.717) is 5.56 Å². The molecular weight excluding hydrogens is 669 g/mol. The van der Waals surface area contributed by atoms with Crippen molar-refractivity contribution < 1.29 is 29.1 Å². The smallest absolute Gasteiger partial charge is 0.245 e. The average molecular weight is 711 g/mol. The lowest BCUT2D eigenvalue weighted by molar-refractivity contribution is -0.134. The fourth-order valence-corrected chi connectivity index (χ4v) is 7.07. The first-order valence-corrected chi connectivity index (χ1v) is 17.3. The first-order chi connectivity index (χ1) is 24.7. The highest BCUT2D eigenvalue weighted by Crippen LogP contribution is 2.48. The Morgan fingerprint density at radius 1 is 0.627 bits per heavy atom. The maximum absolute atomic E-state index is 14.1. The number of benzene rings is 4. The Labute approximate surface area is 300 Å². The summed E-state index contributed by atoms with van der Waals surface area (Å²) in [5.41, 5.74) is 14.2. The Balaban J connectivity index is 1.71. The highest BCUT2D eigenvalue weighted by Gasteiger charge is 2.39. The molecule has 0 aliphatic carbocycles. The zero-order valence-electron chi connectivity index (χ0n) is 27.9. The second kappa shape index (κ2) is 19.0. The second-order valence-electron chi connectivity index (χ2n) is 11.6. The van der Waals surface area contributed by atoms with Gasteiger partial charge in [-0.1, -0.05) is 121 Å². The second-order valence-corrected chi connectivity index (χ2v) is 12.8. The number of rotatable bonds is 18. The Kier molecular flexibility index (Phi) is 14.3. The first kappa shape index (κ1) is 38.3. The van der Waals surface area contributed by atoms with Crippen LogP contribution in [-0.4, -0.2) is 78.2 Å². The SMILES string of the molecule is NCC(=O)N[C@@H](CO)C(=O)N[C@@H](Cc1ccccc1)C(=O)N[C@@H](CSC(c1ccccc1)(c1ccccc1)c1ccccc1)C(=O)NCC(N)=O. The monoisotopic (exact) mass is 710 g/mol. The zero-order chi connectivity index (χ0) is 36.6. The molecule has 0 bridgehead atoms. The summed E-state index contributed by atoms with van der Waals surface area (Å²) >= 11 is 1.42. The van der Waals surface area contributed by atoms with Gasteiger partial charge in [-0.15, -0.1) is 11.8 Å². The summed E-state index contributed by atoms with van der Waals surface area (Å²) in [7, 11) is 0. The molecule has 12 nitrogen and oxygen atoms in total. The van der Waals surface area contributed by atoms with Gasteiger partial charge in [0.05, 0.1) is 24.4 Å². The van der Waals surface area contributed by atoms with E-state index in [1.54, 1.807) is 30.3 Å². The van der Waals surface area contributed by atoms with Crippen molar-refractivity contribution >= 4 is 41.3 Å². The zero-order valence-corrected chi connectivity index (χ0v) is 28.7. The standard InChI is InChI=1S/C38H42N6O6S/c39-22-34(47)42-31(24-45)37(50)43-30(21-26-13-5-1-6-14-26)36(49)44-32(35(48)41-23-33(40)46)25-51-38(27-15-7-2-8-16-27,28-17-9-3-10-18-28)29-19-11-4-12-20-29/h1-20,30-32,45H,21-25,39H2,(H2,40,46)(H,41,48)(H,42,47)(H,43,50)(H,44,49)/t30-,31-,32-/m0/s1. The number of carbonyl (C=O) groups is 5. The molecule has 0 radical (unpaired) electrons. The summed E-state index contributed by atoms with van der Waals surface area (Å²) in [4.78, 5) is 64.5. The summed E-state index contributed by atoms with van der Waals surface area (Å²) in [6.45, 7) is -1.61. The summed E-state index contributed by atoms with van der Waals surface area (Å²) in [6, 6.07) is 34.4. The molecule has 0 unspecified atom stereocenters. The number of nitrogens with two attached hydrogens (primary N) is 2. The van der Waals surface area contributed by atoms with Crippen molar-refractivity contribution in [2.75, 3.05) is 25.4 Å². The molecule has 0 aliphatic rings. The van der Waals surface area contributed by atoms with Gasteiger partial charge in [0.25, 0.3) is 0 Å². The molecule has 4 aromatic rings. The van der Waals surface area contributed by atoms with Gasteiger partial charge in [-0.2, -0.15) is 0 Å². The van der Waals surface area contributed by atoms with Crippen molar-refractivity contribution in [2.45, 2.75) is 29.3 Å². The largest absolute Gasteiger partial charge is 0.394 e. The number of hydrogen-bond donors (Lipinski definition) is 7. The lowest BCUT2D eigenvalue weighted by Gasteiger charge is -2.36. The van der Waals surface area contributed by atoms with Gasteiger partial charge in [-0.05, 0) is 22.3 Å². The molecule has 0 saturated heterocycles. The van der Waals surface area contributed by atoms with Crippen LogP contribution < -0.4 is 32.7 Å².